The van der Waals surface area contributed by atoms with Crippen molar-refractivity contribution in [1.82, 2.24) is 4.31 Å². The van der Waals surface area contributed by atoms with E-state index in [0.717, 1.165) is 4.47 Å². The summed E-state index contributed by atoms with van der Waals surface area (Å²) < 4.78 is 27.6. The molecule has 1 saturated heterocycles. The monoisotopic (exact) mass is 397 g/mol. The number of benzene rings is 1. The molecule has 1 aromatic carbocycles. The quantitative estimate of drug-likeness (QED) is 0.831. The fourth-order valence-electron chi connectivity index (χ4n) is 1.90. The standard InChI is InChI=1S/C11H13Br2NO3S/c12-8-1-2-10(13)11(7-8)18(16,17)14-5-3-9(15)4-6-14/h1-2,7,9,15H,3-6H2. The SMILES string of the molecule is O=S(=O)(c1cc(Br)ccc1Br)N1CCC(O)CC1. The van der Waals surface area contributed by atoms with Gasteiger partial charge in [-0.3, -0.25) is 0 Å². The van der Waals surface area contributed by atoms with Crippen LogP contribution in [0.3, 0.4) is 0 Å². The normalized spacial score (nSPS) is 19.1. The molecule has 0 radical (unpaired) electrons. The van der Waals surface area contributed by atoms with Crippen molar-refractivity contribution >= 4 is 41.9 Å². The summed E-state index contributed by atoms with van der Waals surface area (Å²) in [5.41, 5.74) is 0. The number of rotatable bonds is 2. The number of halogens is 2. The van der Waals surface area contributed by atoms with Gasteiger partial charge in [0.05, 0.1) is 11.0 Å². The molecule has 0 amide bonds. The largest absolute Gasteiger partial charge is 0.393 e. The van der Waals surface area contributed by atoms with Crippen molar-refractivity contribution in [2.45, 2.75) is 23.8 Å². The highest BCUT2D eigenvalue weighted by molar-refractivity contribution is 9.11. The fraction of sp³-hybridized carbons (Fsp3) is 0.455. The van der Waals surface area contributed by atoms with E-state index in [0.29, 0.717) is 30.4 Å². The van der Waals surface area contributed by atoms with Crippen LogP contribution in [-0.2, 0) is 10.0 Å². The zero-order valence-electron chi connectivity index (χ0n) is 9.51. The maximum atomic E-state index is 12.5. The molecule has 7 heteroatoms. The molecule has 100 valence electrons. The molecule has 0 spiro atoms. The van der Waals surface area contributed by atoms with Crippen molar-refractivity contribution in [3.05, 3.63) is 27.1 Å². The van der Waals surface area contributed by atoms with Crippen LogP contribution in [0.15, 0.2) is 32.0 Å². The van der Waals surface area contributed by atoms with Gasteiger partial charge in [0, 0.05) is 22.0 Å². The summed E-state index contributed by atoms with van der Waals surface area (Å²) in [5, 5.41) is 9.42. The molecule has 1 aromatic rings. The van der Waals surface area contributed by atoms with Crippen LogP contribution in [-0.4, -0.2) is 37.0 Å². The minimum Gasteiger partial charge on any atom is -0.393 e. The minimum atomic E-state index is -3.49. The lowest BCUT2D eigenvalue weighted by Crippen LogP contribution is -2.40. The number of hydrogen-bond acceptors (Lipinski definition) is 3. The molecule has 1 aliphatic rings. The summed E-state index contributed by atoms with van der Waals surface area (Å²) in [6, 6.07) is 5.07. The molecule has 0 aromatic heterocycles. The molecule has 4 nitrogen and oxygen atoms in total. The highest BCUT2D eigenvalue weighted by atomic mass is 79.9. The summed E-state index contributed by atoms with van der Waals surface area (Å²) in [5.74, 6) is 0. The van der Waals surface area contributed by atoms with Gasteiger partial charge in [-0.1, -0.05) is 15.9 Å². The van der Waals surface area contributed by atoms with Crippen molar-refractivity contribution in [2.75, 3.05) is 13.1 Å². The lowest BCUT2D eigenvalue weighted by atomic mass is 10.1. The van der Waals surface area contributed by atoms with E-state index < -0.39 is 10.0 Å². The van der Waals surface area contributed by atoms with Gasteiger partial charge in [0.15, 0.2) is 0 Å². The van der Waals surface area contributed by atoms with Gasteiger partial charge in [-0.05, 0) is 47.0 Å². The van der Waals surface area contributed by atoms with Gasteiger partial charge >= 0.3 is 0 Å². The van der Waals surface area contributed by atoms with Crippen molar-refractivity contribution < 1.29 is 13.5 Å². The average molecular weight is 399 g/mol. The predicted molar refractivity (Wildman–Crippen MR) is 75.8 cm³/mol. The minimum absolute atomic E-state index is 0.258. The van der Waals surface area contributed by atoms with Crippen molar-refractivity contribution in [3.63, 3.8) is 0 Å². The first-order valence-corrected chi connectivity index (χ1v) is 8.57. The molecule has 0 aliphatic carbocycles. The molecule has 1 heterocycles. The van der Waals surface area contributed by atoms with Crippen LogP contribution in [0.2, 0.25) is 0 Å². The Hall–Kier alpha value is 0.0500. The van der Waals surface area contributed by atoms with Crippen LogP contribution in [0.1, 0.15) is 12.8 Å². The Bertz CT molecular complexity index is 539. The van der Waals surface area contributed by atoms with E-state index in [4.69, 9.17) is 0 Å². The Balaban J connectivity index is 2.33. The van der Waals surface area contributed by atoms with Crippen molar-refractivity contribution in [3.8, 4) is 0 Å². The second kappa shape index (κ2) is 5.58. The summed E-state index contributed by atoms with van der Waals surface area (Å²) in [6.07, 6.45) is 0.595. The number of aliphatic hydroxyl groups excluding tert-OH is 1. The van der Waals surface area contributed by atoms with Crippen LogP contribution in [0.5, 0.6) is 0 Å². The Labute approximate surface area is 123 Å². The second-order valence-electron chi connectivity index (χ2n) is 4.21. The zero-order valence-corrected chi connectivity index (χ0v) is 13.5. The van der Waals surface area contributed by atoms with E-state index in [2.05, 4.69) is 31.9 Å². The topological polar surface area (TPSA) is 57.6 Å². The molecular formula is C11H13Br2NO3S. The number of nitrogens with zero attached hydrogens (tertiary/aromatic N) is 1. The molecule has 1 N–H and O–H groups in total. The molecule has 1 fully saturated rings. The highest BCUT2D eigenvalue weighted by Gasteiger charge is 2.30. The molecule has 2 rings (SSSR count). The fourth-order valence-corrected chi connectivity index (χ4v) is 4.83. The van der Waals surface area contributed by atoms with E-state index in [1.807, 2.05) is 0 Å². The van der Waals surface area contributed by atoms with Crippen molar-refractivity contribution in [1.29, 1.82) is 0 Å². The van der Waals surface area contributed by atoms with Gasteiger partial charge in [0.2, 0.25) is 10.0 Å². The van der Waals surface area contributed by atoms with E-state index in [1.165, 1.54) is 4.31 Å². The highest BCUT2D eigenvalue weighted by Crippen LogP contribution is 2.29. The summed E-state index contributed by atoms with van der Waals surface area (Å²) >= 11 is 6.55. The van der Waals surface area contributed by atoms with E-state index in [9.17, 15) is 13.5 Å². The lowest BCUT2D eigenvalue weighted by Gasteiger charge is -2.29. The first-order valence-electron chi connectivity index (χ1n) is 5.54. The molecule has 18 heavy (non-hydrogen) atoms. The van der Waals surface area contributed by atoms with Crippen LogP contribution < -0.4 is 0 Å². The second-order valence-corrected chi connectivity index (χ2v) is 7.89. The Morgan fingerprint density at radius 2 is 1.83 bits per heavy atom. The smallest absolute Gasteiger partial charge is 0.244 e. The van der Waals surface area contributed by atoms with Crippen LogP contribution in [0.4, 0.5) is 0 Å². The van der Waals surface area contributed by atoms with Gasteiger partial charge in [-0.15, -0.1) is 0 Å². The van der Waals surface area contributed by atoms with Crippen LogP contribution in [0.25, 0.3) is 0 Å². The van der Waals surface area contributed by atoms with E-state index in [1.54, 1.807) is 18.2 Å². The van der Waals surface area contributed by atoms with Gasteiger partial charge in [0.1, 0.15) is 0 Å². The van der Waals surface area contributed by atoms with Crippen LogP contribution in [0, 0.1) is 0 Å². The first-order chi connectivity index (χ1) is 8.41. The average Bonchev–Trinajstić information content (AvgIpc) is 2.32. The Morgan fingerprint density at radius 1 is 1.22 bits per heavy atom. The predicted octanol–water partition coefficient (Wildman–Crippen LogP) is 2.36. The maximum absolute atomic E-state index is 12.5. The van der Waals surface area contributed by atoms with E-state index >= 15 is 0 Å². The van der Waals surface area contributed by atoms with E-state index in [-0.39, 0.29) is 11.0 Å². The molecule has 0 bridgehead atoms. The Kier molecular flexibility index (Phi) is 4.48. The zero-order chi connectivity index (χ0) is 13.3. The number of hydrogen-bond donors (Lipinski definition) is 1. The van der Waals surface area contributed by atoms with Gasteiger partial charge in [0.25, 0.3) is 0 Å². The van der Waals surface area contributed by atoms with Crippen LogP contribution >= 0.6 is 31.9 Å². The number of aliphatic hydroxyl groups is 1. The number of piperidine rings is 1. The molecule has 0 atom stereocenters. The molecule has 0 saturated carbocycles. The molecule has 1 aliphatic heterocycles. The summed E-state index contributed by atoms with van der Waals surface area (Å²) in [6.45, 7) is 0.727. The third-order valence-electron chi connectivity index (χ3n) is 2.93. The number of sulfonamides is 1. The maximum Gasteiger partial charge on any atom is 0.244 e. The third kappa shape index (κ3) is 2.96. The summed E-state index contributed by atoms with van der Waals surface area (Å²) in [7, 11) is -3.49. The third-order valence-corrected chi connectivity index (χ3v) is 6.32. The summed E-state index contributed by atoms with van der Waals surface area (Å²) in [4.78, 5) is 0.258. The lowest BCUT2D eigenvalue weighted by molar-refractivity contribution is 0.113. The Morgan fingerprint density at radius 3 is 2.44 bits per heavy atom. The van der Waals surface area contributed by atoms with Gasteiger partial charge < -0.3 is 5.11 Å². The molecular weight excluding hydrogens is 386 g/mol. The van der Waals surface area contributed by atoms with Crippen molar-refractivity contribution in [2.24, 2.45) is 0 Å². The van der Waals surface area contributed by atoms with Gasteiger partial charge in [-0.25, -0.2) is 8.42 Å². The molecule has 0 unspecified atom stereocenters. The first kappa shape index (κ1) is 14.5. The van der Waals surface area contributed by atoms with Gasteiger partial charge in [-0.2, -0.15) is 4.31 Å².